The molecule has 8 heteroatoms. The number of fused-ring (bicyclic) bond motifs is 1. The largest absolute Gasteiger partial charge is 0.454 e. The minimum atomic E-state index is -0.669. The van der Waals surface area contributed by atoms with Gasteiger partial charge in [-0.15, -0.1) is 0 Å². The molecular formula is C28H32F2N2O4. The van der Waals surface area contributed by atoms with Crippen LogP contribution in [0.3, 0.4) is 0 Å². The molecule has 1 amide bonds. The van der Waals surface area contributed by atoms with Crippen LogP contribution in [-0.4, -0.2) is 66.4 Å². The Morgan fingerprint density at radius 2 is 1.67 bits per heavy atom. The van der Waals surface area contributed by atoms with Crippen molar-refractivity contribution >= 4 is 12.0 Å². The maximum Gasteiger partial charge on any atom is 0.246 e. The number of hydrogen-bond acceptors (Lipinski definition) is 5. The summed E-state index contributed by atoms with van der Waals surface area (Å²) in [7, 11) is 0. The Bertz CT molecular complexity index is 1090. The predicted molar refractivity (Wildman–Crippen MR) is 132 cm³/mol. The quantitative estimate of drug-likeness (QED) is 0.606. The summed E-state index contributed by atoms with van der Waals surface area (Å²) in [6.45, 7) is 3.46. The molecule has 6 nitrogen and oxygen atoms in total. The predicted octanol–water partition coefficient (Wildman–Crippen LogP) is 4.19. The number of ether oxygens (including phenoxy) is 2. The molecule has 3 heterocycles. The van der Waals surface area contributed by atoms with Crippen LogP contribution in [0.4, 0.5) is 8.78 Å². The van der Waals surface area contributed by atoms with Crippen LogP contribution in [0.25, 0.3) is 6.08 Å². The highest BCUT2D eigenvalue weighted by atomic mass is 19.1. The topological polar surface area (TPSA) is 62.2 Å². The standard InChI is InChI=1S/C28H32F2N2O4/c29-23-13-19(14-24(30)16-23)1-4-28(34)32-11-7-21(8-12-32)25(17-33)31-9-5-20(6-10-31)22-2-3-26-27(15-22)36-18-35-26/h1-4,13-16,20-21,25,33H,5-12,17-18H2. The fourth-order valence-electron chi connectivity index (χ4n) is 5.74. The van der Waals surface area contributed by atoms with Crippen molar-refractivity contribution in [1.82, 2.24) is 9.80 Å². The number of nitrogens with zero attached hydrogens (tertiary/aromatic N) is 2. The molecule has 0 spiro atoms. The lowest BCUT2D eigenvalue weighted by Crippen LogP contribution is -2.50. The monoisotopic (exact) mass is 498 g/mol. The lowest BCUT2D eigenvalue weighted by Gasteiger charge is -2.43. The molecule has 36 heavy (non-hydrogen) atoms. The molecule has 0 saturated carbocycles. The van der Waals surface area contributed by atoms with E-state index in [2.05, 4.69) is 17.0 Å². The molecule has 0 bridgehead atoms. The first kappa shape index (κ1) is 24.7. The Hall–Kier alpha value is -2.97. The third kappa shape index (κ3) is 5.55. The van der Waals surface area contributed by atoms with E-state index in [1.54, 1.807) is 4.90 Å². The van der Waals surface area contributed by atoms with Crippen molar-refractivity contribution in [2.45, 2.75) is 37.6 Å². The second-order valence-electron chi connectivity index (χ2n) is 9.87. The number of rotatable bonds is 6. The van der Waals surface area contributed by atoms with Gasteiger partial charge in [0, 0.05) is 31.3 Å². The van der Waals surface area contributed by atoms with Crippen molar-refractivity contribution < 1.29 is 28.2 Å². The lowest BCUT2D eigenvalue weighted by molar-refractivity contribution is -0.127. The van der Waals surface area contributed by atoms with Gasteiger partial charge in [0.05, 0.1) is 6.61 Å². The van der Waals surface area contributed by atoms with Gasteiger partial charge < -0.3 is 19.5 Å². The summed E-state index contributed by atoms with van der Waals surface area (Å²) in [5.41, 5.74) is 1.60. The number of halogens is 2. The molecule has 2 aromatic rings. The van der Waals surface area contributed by atoms with E-state index in [9.17, 15) is 18.7 Å². The average Bonchev–Trinajstić information content (AvgIpc) is 3.36. The van der Waals surface area contributed by atoms with Gasteiger partial charge in [0.1, 0.15) is 11.6 Å². The van der Waals surface area contributed by atoms with Crippen LogP contribution in [0, 0.1) is 17.6 Å². The van der Waals surface area contributed by atoms with E-state index in [1.807, 2.05) is 6.07 Å². The van der Waals surface area contributed by atoms with Crippen molar-refractivity contribution in [3.8, 4) is 11.5 Å². The molecule has 5 rings (SSSR count). The number of amides is 1. The molecule has 1 unspecified atom stereocenters. The number of aliphatic hydroxyl groups is 1. The normalized spacial score (nSPS) is 20.2. The van der Waals surface area contributed by atoms with Gasteiger partial charge in [-0.05, 0) is 92.1 Å². The van der Waals surface area contributed by atoms with Crippen LogP contribution in [0.1, 0.15) is 42.7 Å². The maximum absolute atomic E-state index is 13.4. The van der Waals surface area contributed by atoms with Gasteiger partial charge in [0.2, 0.25) is 12.7 Å². The first-order chi connectivity index (χ1) is 17.5. The zero-order chi connectivity index (χ0) is 25.1. The Labute approximate surface area is 210 Å². The molecule has 3 aliphatic heterocycles. The number of carbonyl (C=O) groups is 1. The highest BCUT2D eigenvalue weighted by Gasteiger charge is 2.33. The van der Waals surface area contributed by atoms with Crippen molar-refractivity contribution in [2.24, 2.45) is 5.92 Å². The summed E-state index contributed by atoms with van der Waals surface area (Å²) in [6, 6.07) is 9.50. The number of aliphatic hydroxyl groups excluding tert-OH is 1. The van der Waals surface area contributed by atoms with Gasteiger partial charge in [-0.25, -0.2) is 8.78 Å². The second-order valence-corrected chi connectivity index (χ2v) is 9.87. The van der Waals surface area contributed by atoms with Crippen LogP contribution >= 0.6 is 0 Å². The van der Waals surface area contributed by atoms with Crippen LogP contribution in [0.2, 0.25) is 0 Å². The van der Waals surface area contributed by atoms with E-state index in [0.717, 1.165) is 56.3 Å². The molecule has 1 N–H and O–H groups in total. The minimum absolute atomic E-state index is 0.0887. The highest BCUT2D eigenvalue weighted by molar-refractivity contribution is 5.91. The molecule has 0 aliphatic carbocycles. The molecule has 0 radical (unpaired) electrons. The van der Waals surface area contributed by atoms with Gasteiger partial charge in [0.25, 0.3) is 0 Å². The number of hydrogen-bond donors (Lipinski definition) is 1. The van der Waals surface area contributed by atoms with E-state index in [0.29, 0.717) is 30.5 Å². The van der Waals surface area contributed by atoms with Gasteiger partial charge in [-0.3, -0.25) is 9.69 Å². The Morgan fingerprint density at radius 3 is 2.36 bits per heavy atom. The first-order valence-corrected chi connectivity index (χ1v) is 12.7. The van der Waals surface area contributed by atoms with Gasteiger partial charge in [0.15, 0.2) is 11.5 Å². The highest BCUT2D eigenvalue weighted by Crippen LogP contribution is 2.38. The number of carbonyl (C=O) groups excluding carboxylic acids is 1. The molecular weight excluding hydrogens is 466 g/mol. The van der Waals surface area contributed by atoms with Crippen LogP contribution < -0.4 is 9.47 Å². The summed E-state index contributed by atoms with van der Waals surface area (Å²) >= 11 is 0. The SMILES string of the molecule is O=C(C=Cc1cc(F)cc(F)c1)N1CCC(C(CO)N2CCC(c3ccc4c(c3)OCO4)CC2)CC1. The molecule has 192 valence electrons. The minimum Gasteiger partial charge on any atom is -0.454 e. The maximum atomic E-state index is 13.4. The molecule has 1 atom stereocenters. The van der Waals surface area contributed by atoms with Crippen molar-refractivity contribution in [1.29, 1.82) is 0 Å². The molecule has 0 aromatic heterocycles. The Kier molecular flexibility index (Phi) is 7.53. The summed E-state index contributed by atoms with van der Waals surface area (Å²) < 4.78 is 37.7. The zero-order valence-electron chi connectivity index (χ0n) is 20.2. The van der Waals surface area contributed by atoms with E-state index < -0.39 is 11.6 Å². The molecule has 3 aliphatic rings. The summed E-state index contributed by atoms with van der Waals surface area (Å²) in [6.07, 6.45) is 6.52. The molecule has 2 aromatic carbocycles. The second kappa shape index (κ2) is 11.0. The number of likely N-dealkylation sites (tertiary alicyclic amines) is 2. The average molecular weight is 499 g/mol. The van der Waals surface area contributed by atoms with Gasteiger partial charge in [-0.2, -0.15) is 0 Å². The fraction of sp³-hybridized carbons (Fsp3) is 0.464. The summed E-state index contributed by atoms with van der Waals surface area (Å²) in [5.74, 6) is 0.913. The van der Waals surface area contributed by atoms with Crippen LogP contribution in [0.5, 0.6) is 11.5 Å². The van der Waals surface area contributed by atoms with E-state index in [4.69, 9.17) is 9.47 Å². The third-order valence-electron chi connectivity index (χ3n) is 7.75. The van der Waals surface area contributed by atoms with Crippen LogP contribution in [-0.2, 0) is 4.79 Å². The number of benzene rings is 2. The fourth-order valence-corrected chi connectivity index (χ4v) is 5.74. The zero-order valence-corrected chi connectivity index (χ0v) is 20.2. The van der Waals surface area contributed by atoms with E-state index in [-0.39, 0.29) is 25.3 Å². The molecule has 2 saturated heterocycles. The smallest absolute Gasteiger partial charge is 0.246 e. The van der Waals surface area contributed by atoms with Crippen LogP contribution in [0.15, 0.2) is 42.5 Å². The summed E-state index contributed by atoms with van der Waals surface area (Å²) in [4.78, 5) is 16.8. The third-order valence-corrected chi connectivity index (χ3v) is 7.75. The van der Waals surface area contributed by atoms with Gasteiger partial charge >= 0.3 is 0 Å². The van der Waals surface area contributed by atoms with E-state index in [1.165, 1.54) is 29.8 Å². The van der Waals surface area contributed by atoms with Crippen molar-refractivity contribution in [3.05, 3.63) is 65.2 Å². The Morgan fingerprint density at radius 1 is 0.972 bits per heavy atom. The summed E-state index contributed by atoms with van der Waals surface area (Å²) in [5, 5.41) is 10.2. The van der Waals surface area contributed by atoms with Crippen molar-refractivity contribution in [2.75, 3.05) is 39.6 Å². The van der Waals surface area contributed by atoms with Gasteiger partial charge in [-0.1, -0.05) is 6.07 Å². The van der Waals surface area contributed by atoms with E-state index >= 15 is 0 Å². The Balaban J connectivity index is 1.12. The lowest BCUT2D eigenvalue weighted by atomic mass is 9.84. The van der Waals surface area contributed by atoms with Crippen molar-refractivity contribution in [3.63, 3.8) is 0 Å². The first-order valence-electron chi connectivity index (χ1n) is 12.7. The molecule has 2 fully saturated rings. The number of piperidine rings is 2.